The Morgan fingerprint density at radius 2 is 1.57 bits per heavy atom. The van der Waals surface area contributed by atoms with E-state index in [1.807, 2.05) is 0 Å². The molecular formula is C26H18Cl3F3N2O3. The molecule has 2 atom stereocenters. The van der Waals surface area contributed by atoms with E-state index < -0.39 is 56.6 Å². The lowest BCUT2D eigenvalue weighted by molar-refractivity contribution is -0.117. The third-order valence-corrected chi connectivity index (χ3v) is 7.14. The van der Waals surface area contributed by atoms with Crippen LogP contribution >= 0.6 is 34.8 Å². The minimum Gasteiger partial charge on any atom is -0.326 e. The molecule has 0 aliphatic heterocycles. The summed E-state index contributed by atoms with van der Waals surface area (Å²) in [4.78, 5) is 36.8. The van der Waals surface area contributed by atoms with Gasteiger partial charge in [-0.2, -0.15) is 0 Å². The van der Waals surface area contributed by atoms with E-state index in [2.05, 4.69) is 10.6 Å². The fraction of sp³-hybridized carbons (Fsp3) is 0.192. The summed E-state index contributed by atoms with van der Waals surface area (Å²) in [5, 5.41) is 4.71. The summed E-state index contributed by atoms with van der Waals surface area (Å²) in [6.07, 6.45) is -0.325. The highest BCUT2D eigenvalue weighted by Crippen LogP contribution is 2.65. The van der Waals surface area contributed by atoms with Gasteiger partial charge in [0.1, 0.15) is 16.0 Å². The van der Waals surface area contributed by atoms with Crippen molar-refractivity contribution in [3.05, 3.63) is 93.8 Å². The zero-order valence-electron chi connectivity index (χ0n) is 19.1. The zero-order chi connectivity index (χ0) is 27.1. The summed E-state index contributed by atoms with van der Waals surface area (Å²) in [7, 11) is 0. The predicted octanol–water partition coefficient (Wildman–Crippen LogP) is 6.67. The molecule has 1 saturated carbocycles. The number of hydrogen-bond acceptors (Lipinski definition) is 3. The molecule has 2 N–H and O–H groups in total. The molecule has 0 heterocycles. The van der Waals surface area contributed by atoms with Gasteiger partial charge in [-0.05, 0) is 47.5 Å². The van der Waals surface area contributed by atoms with Gasteiger partial charge in [-0.1, -0.05) is 29.8 Å². The third-order valence-electron chi connectivity index (χ3n) is 5.91. The lowest BCUT2D eigenvalue weighted by Crippen LogP contribution is -2.19. The number of benzene rings is 3. The predicted molar refractivity (Wildman–Crippen MR) is 136 cm³/mol. The maximum atomic E-state index is 15.2. The molecule has 11 heteroatoms. The van der Waals surface area contributed by atoms with Crippen molar-refractivity contribution in [3.8, 4) is 0 Å². The van der Waals surface area contributed by atoms with Crippen LogP contribution in [0.4, 0.5) is 24.5 Å². The van der Waals surface area contributed by atoms with Crippen LogP contribution in [0.2, 0.25) is 5.02 Å². The van der Waals surface area contributed by atoms with Crippen LogP contribution < -0.4 is 10.6 Å². The Morgan fingerprint density at radius 3 is 2.19 bits per heavy atom. The minimum absolute atomic E-state index is 0.176. The quantitative estimate of drug-likeness (QED) is 0.247. The maximum absolute atomic E-state index is 15.2. The number of alkyl halides is 2. The van der Waals surface area contributed by atoms with E-state index in [0.29, 0.717) is 16.8 Å². The normalized spacial score (nSPS) is 17.7. The molecule has 5 nitrogen and oxygen atoms in total. The first kappa shape index (κ1) is 27.0. The van der Waals surface area contributed by atoms with Gasteiger partial charge in [0.15, 0.2) is 11.6 Å². The minimum atomic E-state index is -1.57. The topological polar surface area (TPSA) is 75.3 Å². The second-order valence-corrected chi connectivity index (χ2v) is 10.4. The summed E-state index contributed by atoms with van der Waals surface area (Å²) >= 11 is 18.4. The fourth-order valence-corrected chi connectivity index (χ4v) is 5.09. The molecule has 0 aromatic heterocycles. The Morgan fingerprint density at radius 1 is 0.919 bits per heavy atom. The number of rotatable bonds is 7. The smallest absolute Gasteiger partial charge is 0.231 e. The highest BCUT2D eigenvalue weighted by atomic mass is 35.5. The second-order valence-electron chi connectivity index (χ2n) is 8.55. The number of amides is 2. The van der Waals surface area contributed by atoms with Crippen molar-refractivity contribution in [1.29, 1.82) is 0 Å². The van der Waals surface area contributed by atoms with Crippen molar-refractivity contribution >= 4 is 63.8 Å². The molecule has 0 spiro atoms. The van der Waals surface area contributed by atoms with Crippen LogP contribution in [0, 0.1) is 23.4 Å². The highest BCUT2D eigenvalue weighted by Gasteiger charge is 2.67. The van der Waals surface area contributed by atoms with Crippen molar-refractivity contribution in [3.63, 3.8) is 0 Å². The first-order valence-electron chi connectivity index (χ1n) is 10.9. The van der Waals surface area contributed by atoms with Crippen LogP contribution in [-0.2, 0) is 16.0 Å². The van der Waals surface area contributed by atoms with Crippen LogP contribution in [0.3, 0.4) is 0 Å². The van der Waals surface area contributed by atoms with E-state index in [1.165, 1.54) is 19.1 Å². The third kappa shape index (κ3) is 5.61. The van der Waals surface area contributed by atoms with Crippen molar-refractivity contribution < 1.29 is 27.6 Å². The van der Waals surface area contributed by atoms with Crippen molar-refractivity contribution in [2.75, 3.05) is 10.6 Å². The number of Topliss-reactive ketones (excluding diaryl/α,β-unsaturated/α-hetero) is 1. The van der Waals surface area contributed by atoms with Crippen molar-refractivity contribution in [2.45, 2.75) is 23.6 Å². The average molecular weight is 570 g/mol. The summed E-state index contributed by atoms with van der Waals surface area (Å²) in [6.45, 7) is 1.34. The summed E-state index contributed by atoms with van der Waals surface area (Å²) in [5.74, 6) is -6.68. The summed E-state index contributed by atoms with van der Waals surface area (Å²) in [5.41, 5.74) is 0.130. The van der Waals surface area contributed by atoms with Crippen molar-refractivity contribution in [1.82, 2.24) is 0 Å². The van der Waals surface area contributed by atoms with E-state index >= 15 is 4.39 Å². The molecule has 3 aromatic carbocycles. The summed E-state index contributed by atoms with van der Waals surface area (Å²) < 4.78 is 41.6. The van der Waals surface area contributed by atoms with Crippen molar-refractivity contribution in [2.24, 2.45) is 5.92 Å². The lowest BCUT2D eigenvalue weighted by Gasteiger charge is -2.11. The van der Waals surface area contributed by atoms with Gasteiger partial charge in [0.25, 0.3) is 0 Å². The Bertz CT molecular complexity index is 1410. The fourth-order valence-electron chi connectivity index (χ4n) is 4.07. The molecule has 2 unspecified atom stereocenters. The highest BCUT2D eigenvalue weighted by molar-refractivity contribution is 6.53. The monoisotopic (exact) mass is 568 g/mol. The molecule has 4 rings (SSSR count). The average Bonchev–Trinajstić information content (AvgIpc) is 3.40. The van der Waals surface area contributed by atoms with Crippen LogP contribution in [0.25, 0.3) is 0 Å². The Hall–Kier alpha value is -3.07. The van der Waals surface area contributed by atoms with E-state index in [4.69, 9.17) is 34.8 Å². The molecule has 1 aliphatic carbocycles. The number of ketones is 1. The number of nitrogens with one attached hydrogen (secondary N) is 2. The van der Waals surface area contributed by atoms with Crippen LogP contribution in [-0.4, -0.2) is 21.9 Å². The molecule has 3 aromatic rings. The van der Waals surface area contributed by atoms with Gasteiger partial charge in [0, 0.05) is 24.9 Å². The van der Waals surface area contributed by atoms with E-state index in [-0.39, 0.29) is 17.4 Å². The van der Waals surface area contributed by atoms with E-state index in [1.54, 1.807) is 24.3 Å². The van der Waals surface area contributed by atoms with Gasteiger partial charge in [-0.15, -0.1) is 23.2 Å². The molecule has 192 valence electrons. The molecule has 2 amide bonds. The first-order valence-corrected chi connectivity index (χ1v) is 12.0. The molecule has 37 heavy (non-hydrogen) atoms. The Labute approximate surface area is 224 Å². The number of halogens is 6. The number of carbonyl (C=O) groups excluding carboxylic acids is 3. The number of hydrogen-bond donors (Lipinski definition) is 2. The maximum Gasteiger partial charge on any atom is 0.231 e. The van der Waals surface area contributed by atoms with Crippen LogP contribution in [0.1, 0.15) is 34.3 Å². The molecule has 1 fully saturated rings. The van der Waals surface area contributed by atoms with Gasteiger partial charge >= 0.3 is 0 Å². The molecule has 0 bridgehead atoms. The second kappa shape index (κ2) is 10.4. The van der Waals surface area contributed by atoms with E-state index in [0.717, 1.165) is 18.2 Å². The summed E-state index contributed by atoms with van der Waals surface area (Å²) in [6, 6.07) is 11.8. The van der Waals surface area contributed by atoms with Gasteiger partial charge in [0.2, 0.25) is 11.8 Å². The van der Waals surface area contributed by atoms with Gasteiger partial charge in [-0.3, -0.25) is 14.4 Å². The lowest BCUT2D eigenvalue weighted by atomic mass is 10.0. The molecule has 1 aliphatic rings. The molecule has 0 radical (unpaired) electrons. The van der Waals surface area contributed by atoms with Gasteiger partial charge in [-0.25, -0.2) is 13.2 Å². The van der Waals surface area contributed by atoms with Crippen LogP contribution in [0.5, 0.6) is 0 Å². The molecule has 0 saturated heterocycles. The Balaban J connectivity index is 1.51. The van der Waals surface area contributed by atoms with Crippen LogP contribution in [0.15, 0.2) is 54.6 Å². The molecular weight excluding hydrogens is 552 g/mol. The SMILES string of the molecule is CC(=O)Nc1ccc(CC(=O)c2c(F)ccc(NC(=O)C3C(c4ccc(F)c(Cl)c4)C3(Cl)Cl)c2F)cc1. The van der Waals surface area contributed by atoms with E-state index in [9.17, 15) is 23.2 Å². The number of carbonyl (C=O) groups is 3. The number of anilines is 2. The van der Waals surface area contributed by atoms with Gasteiger partial charge in [0.05, 0.1) is 22.2 Å². The first-order chi connectivity index (χ1) is 17.4. The standard InChI is InChI=1S/C26H18Cl3F3N2O3/c1-12(35)33-15-5-2-13(3-6-15)10-20(36)21-18(31)8-9-19(24(21)32)34-25(37)23-22(26(23,28)29)14-4-7-17(30)16(27)11-14/h2-9,11,22-23H,10H2,1H3,(H,33,35)(H,34,37). The zero-order valence-corrected chi connectivity index (χ0v) is 21.3. The van der Waals surface area contributed by atoms with Gasteiger partial charge < -0.3 is 10.6 Å². The Kier molecular flexibility index (Phi) is 7.55. The largest absolute Gasteiger partial charge is 0.326 e.